The van der Waals surface area contributed by atoms with Crippen molar-refractivity contribution in [3.8, 4) is 23.1 Å². The van der Waals surface area contributed by atoms with E-state index in [1.54, 1.807) is 25.3 Å². The fourth-order valence-corrected chi connectivity index (χ4v) is 2.72. The first-order chi connectivity index (χ1) is 12.9. The van der Waals surface area contributed by atoms with Crippen LogP contribution in [0.3, 0.4) is 0 Å². The van der Waals surface area contributed by atoms with Crippen molar-refractivity contribution in [1.82, 2.24) is 4.98 Å². The van der Waals surface area contributed by atoms with Crippen LogP contribution in [-0.2, 0) is 0 Å². The van der Waals surface area contributed by atoms with Crippen molar-refractivity contribution in [1.29, 1.82) is 0 Å². The quantitative estimate of drug-likeness (QED) is 0.624. The average Bonchev–Trinajstić information content (AvgIpc) is 2.70. The molecule has 144 valence electrons. The number of Topliss-reactive ketones (excluding diaryl/α,β-unsaturated/α-hetero) is 2. The van der Waals surface area contributed by atoms with Crippen LogP contribution in [0.1, 0.15) is 39.1 Å². The van der Waals surface area contributed by atoms with Gasteiger partial charge in [0.25, 0.3) is 5.88 Å². The number of aryl methyl sites for hydroxylation is 1. The summed E-state index contributed by atoms with van der Waals surface area (Å²) in [6, 6.07) is 4.90. The van der Waals surface area contributed by atoms with Crippen LogP contribution in [0.4, 0.5) is 0 Å². The Bertz CT molecular complexity index is 847. The topological polar surface area (TPSA) is 84.0 Å². The highest BCUT2D eigenvalue weighted by Gasteiger charge is 2.17. The summed E-state index contributed by atoms with van der Waals surface area (Å²) in [7, 11) is 5.99. The minimum atomic E-state index is -0.200. The number of carbonyl (C=O) groups is 2. The van der Waals surface area contributed by atoms with Gasteiger partial charge in [0.15, 0.2) is 28.8 Å². The summed E-state index contributed by atoms with van der Waals surface area (Å²) in [5.41, 5.74) is 1.63. The maximum Gasteiger partial charge on any atom is 0.256 e. The lowest BCUT2D eigenvalue weighted by Crippen LogP contribution is -2.07. The van der Waals surface area contributed by atoms with Crippen LogP contribution in [0.25, 0.3) is 0 Å². The average molecular weight is 373 g/mol. The van der Waals surface area contributed by atoms with Crippen molar-refractivity contribution in [3.05, 3.63) is 41.1 Å². The van der Waals surface area contributed by atoms with Crippen LogP contribution in [0.5, 0.6) is 23.1 Å². The van der Waals surface area contributed by atoms with E-state index in [0.29, 0.717) is 34.3 Å². The van der Waals surface area contributed by atoms with E-state index in [-0.39, 0.29) is 24.4 Å². The van der Waals surface area contributed by atoms with E-state index in [4.69, 9.17) is 18.9 Å². The number of carbonyl (C=O) groups excluding carboxylic acids is 2. The molecule has 0 aliphatic heterocycles. The third-order valence-corrected chi connectivity index (χ3v) is 4.12. The summed E-state index contributed by atoms with van der Waals surface area (Å²) in [6.45, 7) is 1.83. The SMILES string of the molecule is COc1cc(C(=O)CCC(=O)c2cc(C)c(OC)c(OC)c2)cnc1OC. The van der Waals surface area contributed by atoms with Gasteiger partial charge in [-0.2, -0.15) is 0 Å². The van der Waals surface area contributed by atoms with Crippen LogP contribution in [0, 0.1) is 6.92 Å². The molecule has 1 aromatic carbocycles. The van der Waals surface area contributed by atoms with E-state index >= 15 is 0 Å². The van der Waals surface area contributed by atoms with Gasteiger partial charge in [0, 0.05) is 30.2 Å². The highest BCUT2D eigenvalue weighted by atomic mass is 16.5. The van der Waals surface area contributed by atoms with Gasteiger partial charge in [0.2, 0.25) is 0 Å². The van der Waals surface area contributed by atoms with Crippen molar-refractivity contribution in [3.63, 3.8) is 0 Å². The number of nitrogens with zero attached hydrogens (tertiary/aromatic N) is 1. The van der Waals surface area contributed by atoms with E-state index in [0.717, 1.165) is 5.56 Å². The summed E-state index contributed by atoms with van der Waals surface area (Å²) in [5, 5.41) is 0. The molecule has 7 heteroatoms. The molecule has 0 aliphatic rings. The molecule has 0 radical (unpaired) electrons. The zero-order valence-electron chi connectivity index (χ0n) is 16.1. The molecule has 0 amide bonds. The Morgan fingerprint density at radius 1 is 0.815 bits per heavy atom. The van der Waals surface area contributed by atoms with Crippen molar-refractivity contribution in [2.24, 2.45) is 0 Å². The van der Waals surface area contributed by atoms with Crippen LogP contribution in [0.2, 0.25) is 0 Å². The molecule has 0 saturated heterocycles. The van der Waals surface area contributed by atoms with E-state index in [1.165, 1.54) is 27.5 Å². The summed E-state index contributed by atoms with van der Waals surface area (Å²) >= 11 is 0. The second kappa shape index (κ2) is 9.02. The van der Waals surface area contributed by atoms with Gasteiger partial charge in [-0.3, -0.25) is 9.59 Å². The first kappa shape index (κ1) is 20.2. The molecule has 7 nitrogen and oxygen atoms in total. The van der Waals surface area contributed by atoms with Gasteiger partial charge in [-0.15, -0.1) is 0 Å². The molecule has 27 heavy (non-hydrogen) atoms. The molecule has 0 N–H and O–H groups in total. The van der Waals surface area contributed by atoms with Gasteiger partial charge < -0.3 is 18.9 Å². The largest absolute Gasteiger partial charge is 0.493 e. The van der Waals surface area contributed by atoms with Gasteiger partial charge in [0.1, 0.15) is 0 Å². The number of hydrogen-bond acceptors (Lipinski definition) is 7. The Labute approximate surface area is 158 Å². The van der Waals surface area contributed by atoms with Gasteiger partial charge in [0.05, 0.1) is 28.4 Å². The predicted octanol–water partition coefficient (Wildman–Crippen LogP) is 3.27. The van der Waals surface area contributed by atoms with Crippen LogP contribution < -0.4 is 18.9 Å². The van der Waals surface area contributed by atoms with Crippen molar-refractivity contribution >= 4 is 11.6 Å². The molecule has 0 spiro atoms. The van der Waals surface area contributed by atoms with E-state index < -0.39 is 0 Å². The first-order valence-electron chi connectivity index (χ1n) is 8.32. The molecular weight excluding hydrogens is 350 g/mol. The van der Waals surface area contributed by atoms with Gasteiger partial charge in [-0.1, -0.05) is 0 Å². The minimum absolute atomic E-state index is 0.0589. The zero-order valence-corrected chi connectivity index (χ0v) is 16.1. The molecule has 0 bridgehead atoms. The number of ketones is 2. The molecule has 0 saturated carbocycles. The fourth-order valence-electron chi connectivity index (χ4n) is 2.72. The second-order valence-electron chi connectivity index (χ2n) is 5.81. The predicted molar refractivity (Wildman–Crippen MR) is 99.5 cm³/mol. The molecule has 2 aromatic rings. The van der Waals surface area contributed by atoms with Gasteiger partial charge in [-0.25, -0.2) is 4.98 Å². The number of aromatic nitrogens is 1. The van der Waals surface area contributed by atoms with Crippen molar-refractivity contribution < 1.29 is 28.5 Å². The Morgan fingerprint density at radius 3 is 1.96 bits per heavy atom. The van der Waals surface area contributed by atoms with Gasteiger partial charge in [-0.05, 0) is 30.7 Å². The van der Waals surface area contributed by atoms with Crippen molar-refractivity contribution in [2.45, 2.75) is 19.8 Å². The van der Waals surface area contributed by atoms with E-state index in [9.17, 15) is 9.59 Å². The summed E-state index contributed by atoms with van der Waals surface area (Å²) in [5.74, 6) is 1.38. The Balaban J connectivity index is 2.11. The monoisotopic (exact) mass is 373 g/mol. The third kappa shape index (κ3) is 4.55. The molecule has 0 unspecified atom stereocenters. The van der Waals surface area contributed by atoms with E-state index in [1.807, 2.05) is 6.92 Å². The Morgan fingerprint density at radius 2 is 1.41 bits per heavy atom. The summed E-state index contributed by atoms with van der Waals surface area (Å²) < 4.78 is 20.8. The van der Waals surface area contributed by atoms with Crippen LogP contribution in [-0.4, -0.2) is 45.0 Å². The summed E-state index contributed by atoms with van der Waals surface area (Å²) in [4.78, 5) is 29.0. The second-order valence-corrected chi connectivity index (χ2v) is 5.81. The highest BCUT2D eigenvalue weighted by Crippen LogP contribution is 2.32. The molecule has 2 rings (SSSR count). The summed E-state index contributed by atoms with van der Waals surface area (Å²) in [6.07, 6.45) is 1.54. The zero-order chi connectivity index (χ0) is 20.0. The Kier molecular flexibility index (Phi) is 6.76. The fraction of sp³-hybridized carbons (Fsp3) is 0.350. The number of hydrogen-bond donors (Lipinski definition) is 0. The molecule has 1 aromatic heterocycles. The molecule has 1 heterocycles. The normalized spacial score (nSPS) is 10.3. The number of benzene rings is 1. The van der Waals surface area contributed by atoms with Crippen molar-refractivity contribution in [2.75, 3.05) is 28.4 Å². The smallest absolute Gasteiger partial charge is 0.256 e. The van der Waals surface area contributed by atoms with Crippen LogP contribution >= 0.6 is 0 Å². The van der Waals surface area contributed by atoms with Crippen LogP contribution in [0.15, 0.2) is 24.4 Å². The number of methoxy groups -OCH3 is 4. The number of ether oxygens (including phenoxy) is 4. The molecule has 0 aliphatic carbocycles. The molecular formula is C20H23NO6. The third-order valence-electron chi connectivity index (χ3n) is 4.12. The lowest BCUT2D eigenvalue weighted by Gasteiger charge is -2.12. The van der Waals surface area contributed by atoms with E-state index in [2.05, 4.69) is 4.98 Å². The number of pyridine rings is 1. The lowest BCUT2D eigenvalue weighted by molar-refractivity contribution is 0.0917. The Hall–Kier alpha value is -3.09. The minimum Gasteiger partial charge on any atom is -0.493 e. The number of rotatable bonds is 9. The maximum atomic E-state index is 12.5. The molecule has 0 fully saturated rings. The molecule has 0 atom stereocenters. The standard InChI is InChI=1S/C20H23NO6/c1-12-8-13(9-17(24-2)19(12)26-4)15(22)6-7-16(23)14-10-18(25-3)20(27-5)21-11-14/h8-11H,6-7H2,1-5H3. The highest BCUT2D eigenvalue weighted by molar-refractivity contribution is 6.02. The van der Waals surface area contributed by atoms with Gasteiger partial charge >= 0.3 is 0 Å². The first-order valence-corrected chi connectivity index (χ1v) is 8.32. The maximum absolute atomic E-state index is 12.5. The lowest BCUT2D eigenvalue weighted by atomic mass is 10.00.